The van der Waals surface area contributed by atoms with Gasteiger partial charge in [0.25, 0.3) is 0 Å². The van der Waals surface area contributed by atoms with Crippen LogP contribution in [0, 0.1) is 0 Å². The van der Waals surface area contributed by atoms with E-state index in [1.165, 1.54) is 76.0 Å². The molecule has 252 valence electrons. The molecule has 11 aromatic rings. The van der Waals surface area contributed by atoms with Crippen LogP contribution in [0.1, 0.15) is 0 Å². The van der Waals surface area contributed by atoms with Crippen LogP contribution in [-0.4, -0.2) is 4.57 Å². The summed E-state index contributed by atoms with van der Waals surface area (Å²) in [4.78, 5) is 2.44. The lowest BCUT2D eigenvalue weighted by Gasteiger charge is -2.29. The molecule has 0 atom stereocenters. The van der Waals surface area contributed by atoms with Crippen LogP contribution in [0.2, 0.25) is 0 Å². The number of nitrogens with zero attached hydrogens (tertiary/aromatic N) is 2. The predicted octanol–water partition coefficient (Wildman–Crippen LogP) is 14.5. The average Bonchev–Trinajstić information content (AvgIpc) is 3.59. The molecule has 0 unspecified atom stereocenters. The van der Waals surface area contributed by atoms with E-state index in [1.807, 2.05) is 0 Å². The number of fused-ring (bicyclic) bond motifs is 11. The molecule has 0 aliphatic carbocycles. The van der Waals surface area contributed by atoms with Crippen molar-refractivity contribution in [3.05, 3.63) is 206 Å². The van der Waals surface area contributed by atoms with Gasteiger partial charge < -0.3 is 9.47 Å². The van der Waals surface area contributed by atoms with Crippen molar-refractivity contribution in [3.63, 3.8) is 0 Å². The first kappa shape index (κ1) is 30.5. The zero-order valence-electron chi connectivity index (χ0n) is 29.5. The molecule has 54 heavy (non-hydrogen) atoms. The van der Waals surface area contributed by atoms with Gasteiger partial charge in [0.1, 0.15) is 0 Å². The molecule has 0 N–H and O–H groups in total. The lowest BCUT2D eigenvalue weighted by molar-refractivity contribution is 1.17. The highest BCUT2D eigenvalue weighted by atomic mass is 15.1. The smallest absolute Gasteiger partial charge is 0.0547 e. The molecule has 0 saturated carbocycles. The average molecular weight is 687 g/mol. The molecule has 11 rings (SSSR count). The molecule has 1 aromatic heterocycles. The monoisotopic (exact) mass is 686 g/mol. The second kappa shape index (κ2) is 12.2. The van der Waals surface area contributed by atoms with Gasteiger partial charge in [-0.05, 0) is 97.2 Å². The van der Waals surface area contributed by atoms with Crippen molar-refractivity contribution in [2.24, 2.45) is 0 Å². The van der Waals surface area contributed by atoms with Crippen molar-refractivity contribution in [2.45, 2.75) is 0 Å². The number of aromatic nitrogens is 1. The zero-order chi connectivity index (χ0) is 35.6. The summed E-state index contributed by atoms with van der Waals surface area (Å²) in [5, 5.41) is 12.7. The lowest BCUT2D eigenvalue weighted by atomic mass is 9.93. The number of para-hydroxylation sites is 2. The molecule has 0 aliphatic rings. The van der Waals surface area contributed by atoms with Crippen LogP contribution < -0.4 is 4.90 Å². The van der Waals surface area contributed by atoms with Crippen molar-refractivity contribution >= 4 is 82.0 Å². The highest BCUT2D eigenvalue weighted by Crippen LogP contribution is 2.45. The Bertz CT molecular complexity index is 3190. The third kappa shape index (κ3) is 4.67. The summed E-state index contributed by atoms with van der Waals surface area (Å²) in [6, 6.07) is 75.3. The summed E-state index contributed by atoms with van der Waals surface area (Å²) in [7, 11) is 0. The van der Waals surface area contributed by atoms with Gasteiger partial charge in [0, 0.05) is 33.4 Å². The topological polar surface area (TPSA) is 8.17 Å². The van der Waals surface area contributed by atoms with Crippen molar-refractivity contribution < 1.29 is 0 Å². The number of hydrogen-bond donors (Lipinski definition) is 0. The molecular weight excluding hydrogens is 653 g/mol. The van der Waals surface area contributed by atoms with Crippen molar-refractivity contribution in [3.8, 4) is 16.8 Å². The van der Waals surface area contributed by atoms with E-state index in [0.29, 0.717) is 0 Å². The third-order valence-corrected chi connectivity index (χ3v) is 11.1. The molecular formula is C52H34N2. The number of hydrogen-bond acceptors (Lipinski definition) is 1. The molecule has 10 aromatic carbocycles. The molecule has 0 saturated heterocycles. The Balaban J connectivity index is 1.19. The number of benzene rings is 10. The van der Waals surface area contributed by atoms with Crippen molar-refractivity contribution in [2.75, 3.05) is 4.90 Å². The van der Waals surface area contributed by atoms with Gasteiger partial charge in [-0.15, -0.1) is 0 Å². The van der Waals surface area contributed by atoms with E-state index in [4.69, 9.17) is 0 Å². The first-order valence-electron chi connectivity index (χ1n) is 18.6. The quantitative estimate of drug-likeness (QED) is 0.164. The van der Waals surface area contributed by atoms with Gasteiger partial charge in [0.05, 0.1) is 16.7 Å². The van der Waals surface area contributed by atoms with E-state index in [0.717, 1.165) is 22.7 Å². The molecule has 2 nitrogen and oxygen atoms in total. The standard InChI is InChI=1S/C52H34N2/c1-2-15-35(16-3-1)40-20-10-12-27-49(40)53(39-30-31-46-44-24-7-6-22-42(44)43-23-8-9-25-45(43)48(46)34-39)37-18-14-19-38(33-37)54-50-28-13-11-26-47(50)52-41-21-5-4-17-36(41)29-32-51(52)54/h1-34H. The minimum absolute atomic E-state index is 1.09. The van der Waals surface area contributed by atoms with Gasteiger partial charge in [-0.2, -0.15) is 0 Å². The second-order valence-corrected chi connectivity index (χ2v) is 14.1. The second-order valence-electron chi connectivity index (χ2n) is 14.1. The van der Waals surface area contributed by atoms with Gasteiger partial charge in [-0.25, -0.2) is 0 Å². The van der Waals surface area contributed by atoms with E-state index >= 15 is 0 Å². The zero-order valence-corrected chi connectivity index (χ0v) is 29.5. The number of anilines is 3. The van der Waals surface area contributed by atoms with Crippen LogP contribution >= 0.6 is 0 Å². The fourth-order valence-electron chi connectivity index (χ4n) is 8.78. The maximum atomic E-state index is 2.44. The SMILES string of the molecule is c1ccc(-c2ccccc2N(c2cccc(-n3c4ccccc4c4c5ccccc5ccc43)c2)c2ccc3c4ccccc4c4ccccc4c3c2)cc1. The van der Waals surface area contributed by atoms with Crippen LogP contribution in [-0.2, 0) is 0 Å². The Labute approximate surface area is 313 Å². The van der Waals surface area contributed by atoms with E-state index in [-0.39, 0.29) is 0 Å². The fraction of sp³-hybridized carbons (Fsp3) is 0. The molecule has 0 aliphatic heterocycles. The van der Waals surface area contributed by atoms with Crippen LogP contribution in [0.25, 0.3) is 81.7 Å². The van der Waals surface area contributed by atoms with Crippen LogP contribution in [0.5, 0.6) is 0 Å². The Hall–Kier alpha value is -7.16. The van der Waals surface area contributed by atoms with E-state index in [2.05, 4.69) is 216 Å². The van der Waals surface area contributed by atoms with Gasteiger partial charge >= 0.3 is 0 Å². The van der Waals surface area contributed by atoms with Gasteiger partial charge in [-0.3, -0.25) is 0 Å². The third-order valence-electron chi connectivity index (χ3n) is 11.1. The van der Waals surface area contributed by atoms with Crippen LogP contribution in [0.4, 0.5) is 17.1 Å². The maximum Gasteiger partial charge on any atom is 0.0547 e. The maximum absolute atomic E-state index is 2.44. The first-order valence-corrected chi connectivity index (χ1v) is 18.6. The van der Waals surface area contributed by atoms with Gasteiger partial charge in [0.2, 0.25) is 0 Å². The molecule has 0 fully saturated rings. The normalized spacial score (nSPS) is 11.7. The Kier molecular flexibility index (Phi) is 6.90. The molecule has 0 radical (unpaired) electrons. The summed E-state index contributed by atoms with van der Waals surface area (Å²) in [5.74, 6) is 0. The summed E-state index contributed by atoms with van der Waals surface area (Å²) < 4.78 is 2.43. The van der Waals surface area contributed by atoms with Crippen LogP contribution in [0.3, 0.4) is 0 Å². The first-order chi connectivity index (χ1) is 26.8. The van der Waals surface area contributed by atoms with Crippen LogP contribution in [0.15, 0.2) is 206 Å². The summed E-state index contributed by atoms with van der Waals surface area (Å²) >= 11 is 0. The predicted molar refractivity (Wildman–Crippen MR) is 231 cm³/mol. The van der Waals surface area contributed by atoms with E-state index in [9.17, 15) is 0 Å². The summed E-state index contributed by atoms with van der Waals surface area (Å²) in [5.41, 5.74) is 9.19. The van der Waals surface area contributed by atoms with Gasteiger partial charge in [0.15, 0.2) is 0 Å². The minimum Gasteiger partial charge on any atom is -0.310 e. The molecule has 1 heterocycles. The molecule has 0 spiro atoms. The largest absolute Gasteiger partial charge is 0.310 e. The number of rotatable bonds is 5. The highest BCUT2D eigenvalue weighted by molar-refractivity contribution is 6.26. The lowest BCUT2D eigenvalue weighted by Crippen LogP contribution is -2.12. The molecule has 0 amide bonds. The molecule has 2 heteroatoms. The Morgan fingerprint density at radius 1 is 0.333 bits per heavy atom. The Morgan fingerprint density at radius 3 is 1.70 bits per heavy atom. The van der Waals surface area contributed by atoms with Gasteiger partial charge in [-0.1, -0.05) is 158 Å². The highest BCUT2D eigenvalue weighted by Gasteiger charge is 2.21. The minimum atomic E-state index is 1.09. The summed E-state index contributed by atoms with van der Waals surface area (Å²) in [6.45, 7) is 0. The summed E-state index contributed by atoms with van der Waals surface area (Å²) in [6.07, 6.45) is 0. The fourth-order valence-corrected chi connectivity index (χ4v) is 8.78. The van der Waals surface area contributed by atoms with E-state index < -0.39 is 0 Å². The van der Waals surface area contributed by atoms with E-state index in [1.54, 1.807) is 0 Å². The van der Waals surface area contributed by atoms with Crippen molar-refractivity contribution in [1.29, 1.82) is 0 Å². The van der Waals surface area contributed by atoms with Crippen molar-refractivity contribution in [1.82, 2.24) is 4.57 Å². The molecule has 0 bridgehead atoms. The Morgan fingerprint density at radius 2 is 0.926 bits per heavy atom.